The van der Waals surface area contributed by atoms with E-state index in [4.69, 9.17) is 5.14 Å². The molecule has 0 atom stereocenters. The zero-order valence-electron chi connectivity index (χ0n) is 8.69. The van der Waals surface area contributed by atoms with Gasteiger partial charge in [-0.15, -0.1) is 0 Å². The van der Waals surface area contributed by atoms with Crippen LogP contribution in [0.15, 0.2) is 27.6 Å². The summed E-state index contributed by atoms with van der Waals surface area (Å²) in [6.07, 6.45) is 2.19. The minimum Gasteiger partial charge on any atom is -0.370 e. The minimum atomic E-state index is -3.69. The van der Waals surface area contributed by atoms with Crippen molar-refractivity contribution in [1.29, 1.82) is 0 Å². The van der Waals surface area contributed by atoms with Gasteiger partial charge < -0.3 is 4.90 Å². The maximum Gasteiger partial charge on any atom is 0.241 e. The molecule has 0 bridgehead atoms. The van der Waals surface area contributed by atoms with E-state index < -0.39 is 10.0 Å². The maximum absolute atomic E-state index is 11.6. The fourth-order valence-electron chi connectivity index (χ4n) is 1.99. The zero-order valence-corrected chi connectivity index (χ0v) is 11.1. The van der Waals surface area contributed by atoms with Crippen molar-refractivity contribution in [1.82, 2.24) is 0 Å². The Morgan fingerprint density at radius 3 is 2.44 bits per heavy atom. The molecule has 1 fully saturated rings. The van der Waals surface area contributed by atoms with E-state index in [1.54, 1.807) is 12.1 Å². The highest BCUT2D eigenvalue weighted by atomic mass is 79.9. The second kappa shape index (κ2) is 4.35. The predicted molar refractivity (Wildman–Crippen MR) is 67.0 cm³/mol. The molecular weight excluding hydrogens is 292 g/mol. The fourth-order valence-corrected chi connectivity index (χ4v) is 3.85. The molecule has 0 radical (unpaired) electrons. The lowest BCUT2D eigenvalue weighted by Gasteiger charge is -2.21. The van der Waals surface area contributed by atoms with Gasteiger partial charge in [0.15, 0.2) is 0 Å². The Morgan fingerprint density at radius 2 is 1.88 bits per heavy atom. The highest BCUT2D eigenvalue weighted by molar-refractivity contribution is 9.10. The van der Waals surface area contributed by atoms with Gasteiger partial charge in [0, 0.05) is 17.6 Å². The molecule has 4 nitrogen and oxygen atoms in total. The molecule has 0 spiro atoms. The molecule has 1 heterocycles. The number of primary sulfonamides is 1. The average molecular weight is 305 g/mol. The van der Waals surface area contributed by atoms with E-state index in [1.165, 1.54) is 0 Å². The van der Waals surface area contributed by atoms with E-state index in [1.807, 2.05) is 6.07 Å². The first-order chi connectivity index (χ1) is 7.50. The molecule has 88 valence electrons. The van der Waals surface area contributed by atoms with Crippen LogP contribution in [0.5, 0.6) is 0 Å². The number of halogens is 1. The Morgan fingerprint density at radius 1 is 1.25 bits per heavy atom. The molecule has 0 amide bonds. The number of anilines is 1. The third kappa shape index (κ3) is 2.23. The summed E-state index contributed by atoms with van der Waals surface area (Å²) < 4.78 is 23.6. The Labute approximate surface area is 104 Å². The van der Waals surface area contributed by atoms with E-state index in [0.29, 0.717) is 10.2 Å². The zero-order chi connectivity index (χ0) is 11.8. The Hall–Kier alpha value is -0.590. The molecule has 1 saturated heterocycles. The van der Waals surface area contributed by atoms with Gasteiger partial charge in [-0.3, -0.25) is 0 Å². The first-order valence-corrected chi connectivity index (χ1v) is 7.40. The summed E-state index contributed by atoms with van der Waals surface area (Å²) in [5, 5.41) is 5.24. The van der Waals surface area contributed by atoms with Crippen molar-refractivity contribution >= 4 is 31.6 Å². The van der Waals surface area contributed by atoms with Crippen LogP contribution in [0.3, 0.4) is 0 Å². The predicted octanol–water partition coefficient (Wildman–Crippen LogP) is 1.70. The van der Waals surface area contributed by atoms with E-state index >= 15 is 0 Å². The second-order valence-corrected chi connectivity index (χ2v) is 6.18. The van der Waals surface area contributed by atoms with Gasteiger partial charge >= 0.3 is 0 Å². The molecule has 0 unspecified atom stereocenters. The number of hydrogen-bond acceptors (Lipinski definition) is 3. The van der Waals surface area contributed by atoms with Crippen molar-refractivity contribution in [2.45, 2.75) is 17.7 Å². The smallest absolute Gasteiger partial charge is 0.241 e. The number of hydrogen-bond donors (Lipinski definition) is 1. The van der Waals surface area contributed by atoms with Crippen LogP contribution in [0.4, 0.5) is 5.69 Å². The Bertz CT molecular complexity index is 496. The van der Waals surface area contributed by atoms with Crippen LogP contribution in [0, 0.1) is 0 Å². The summed E-state index contributed by atoms with van der Waals surface area (Å²) in [5.74, 6) is 0. The highest BCUT2D eigenvalue weighted by Gasteiger charge is 2.23. The lowest BCUT2D eigenvalue weighted by molar-refractivity contribution is 0.597. The monoisotopic (exact) mass is 304 g/mol. The standard InChI is InChI=1S/C10H13BrN2O2S/c11-8-4-3-5-9(10(8)16(12,14)15)13-6-1-2-7-13/h3-5H,1-2,6-7H2,(H2,12,14,15). The van der Waals surface area contributed by atoms with Crippen LogP contribution in [0.25, 0.3) is 0 Å². The highest BCUT2D eigenvalue weighted by Crippen LogP contribution is 2.32. The normalized spacial score (nSPS) is 16.8. The van der Waals surface area contributed by atoms with E-state index in [2.05, 4.69) is 20.8 Å². The molecule has 0 saturated carbocycles. The molecule has 1 aliphatic heterocycles. The SMILES string of the molecule is NS(=O)(=O)c1c(Br)cccc1N1CCCC1. The van der Waals surface area contributed by atoms with Crippen molar-refractivity contribution in [2.75, 3.05) is 18.0 Å². The number of sulfonamides is 1. The summed E-state index contributed by atoms with van der Waals surface area (Å²) >= 11 is 3.24. The quantitative estimate of drug-likeness (QED) is 0.904. The third-order valence-corrected chi connectivity index (χ3v) is 4.60. The number of nitrogens with zero attached hydrogens (tertiary/aromatic N) is 1. The largest absolute Gasteiger partial charge is 0.370 e. The third-order valence-electron chi connectivity index (χ3n) is 2.68. The van der Waals surface area contributed by atoms with E-state index in [0.717, 1.165) is 25.9 Å². The van der Waals surface area contributed by atoms with Gasteiger partial charge in [-0.25, -0.2) is 13.6 Å². The molecule has 1 aromatic carbocycles. The summed E-state index contributed by atoms with van der Waals surface area (Å²) in [7, 11) is -3.69. The van der Waals surface area contributed by atoms with Crippen molar-refractivity contribution < 1.29 is 8.42 Å². The topological polar surface area (TPSA) is 63.4 Å². The first-order valence-electron chi connectivity index (χ1n) is 5.06. The molecule has 1 aromatic rings. The van der Waals surface area contributed by atoms with Gasteiger partial charge in [0.1, 0.15) is 4.90 Å². The second-order valence-electron chi connectivity index (χ2n) is 3.83. The minimum absolute atomic E-state index is 0.192. The summed E-state index contributed by atoms with van der Waals surface area (Å²) in [6.45, 7) is 1.78. The summed E-state index contributed by atoms with van der Waals surface area (Å²) in [5.41, 5.74) is 0.703. The molecule has 2 N–H and O–H groups in total. The molecule has 16 heavy (non-hydrogen) atoms. The average Bonchev–Trinajstić information content (AvgIpc) is 2.67. The number of rotatable bonds is 2. The lowest BCUT2D eigenvalue weighted by Crippen LogP contribution is -2.23. The molecule has 1 aliphatic rings. The van der Waals surface area contributed by atoms with Crippen molar-refractivity contribution in [3.05, 3.63) is 22.7 Å². The summed E-state index contributed by atoms with van der Waals surface area (Å²) in [4.78, 5) is 2.25. The first kappa shape index (κ1) is 11.9. The van der Waals surface area contributed by atoms with Gasteiger partial charge in [0.25, 0.3) is 0 Å². The molecule has 6 heteroatoms. The summed E-state index contributed by atoms with van der Waals surface area (Å²) in [6, 6.07) is 5.32. The number of benzene rings is 1. The van der Waals surface area contributed by atoms with Crippen LogP contribution < -0.4 is 10.0 Å². The maximum atomic E-state index is 11.6. The van der Waals surface area contributed by atoms with Gasteiger partial charge in [-0.1, -0.05) is 6.07 Å². The van der Waals surface area contributed by atoms with Gasteiger partial charge in [-0.2, -0.15) is 0 Å². The van der Waals surface area contributed by atoms with Crippen molar-refractivity contribution in [3.63, 3.8) is 0 Å². The van der Waals surface area contributed by atoms with Crippen LogP contribution >= 0.6 is 15.9 Å². The number of nitrogens with two attached hydrogens (primary N) is 1. The van der Waals surface area contributed by atoms with Crippen LogP contribution in [-0.4, -0.2) is 21.5 Å². The van der Waals surface area contributed by atoms with Gasteiger partial charge in [0.2, 0.25) is 10.0 Å². The van der Waals surface area contributed by atoms with Crippen molar-refractivity contribution in [2.24, 2.45) is 5.14 Å². The molecule has 0 aromatic heterocycles. The van der Waals surface area contributed by atoms with Gasteiger partial charge in [-0.05, 0) is 40.9 Å². The van der Waals surface area contributed by atoms with Crippen LogP contribution in [0.2, 0.25) is 0 Å². The van der Waals surface area contributed by atoms with Crippen molar-refractivity contribution in [3.8, 4) is 0 Å². The van der Waals surface area contributed by atoms with Crippen LogP contribution in [0.1, 0.15) is 12.8 Å². The molecule has 2 rings (SSSR count). The lowest BCUT2D eigenvalue weighted by atomic mass is 10.3. The molecular formula is C10H13BrN2O2S. The van der Waals surface area contributed by atoms with Crippen LogP contribution in [-0.2, 0) is 10.0 Å². The Kier molecular flexibility index (Phi) is 3.23. The Balaban J connectivity index is 2.56. The van der Waals surface area contributed by atoms with Gasteiger partial charge in [0.05, 0.1) is 5.69 Å². The van der Waals surface area contributed by atoms with E-state index in [9.17, 15) is 8.42 Å². The molecule has 0 aliphatic carbocycles. The fraction of sp³-hybridized carbons (Fsp3) is 0.400. The van der Waals surface area contributed by atoms with E-state index in [-0.39, 0.29) is 4.90 Å².